The van der Waals surface area contributed by atoms with E-state index in [1.54, 1.807) is 17.0 Å². The fourth-order valence-corrected chi connectivity index (χ4v) is 2.81. The number of benzene rings is 2. The van der Waals surface area contributed by atoms with E-state index >= 15 is 0 Å². The second-order valence-electron chi connectivity index (χ2n) is 5.08. The average Bonchev–Trinajstić information content (AvgIpc) is 2.91. The molecular weight excluding hydrogens is 348 g/mol. The normalized spacial score (nSPS) is 12.9. The largest absolute Gasteiger partial charge is 0.478 e. The van der Waals surface area contributed by atoms with E-state index in [1.807, 2.05) is 18.2 Å². The number of nitrogens with one attached hydrogen (secondary N) is 1. The van der Waals surface area contributed by atoms with Crippen molar-refractivity contribution in [2.24, 2.45) is 0 Å². The molecule has 1 aliphatic rings. The summed E-state index contributed by atoms with van der Waals surface area (Å²) in [4.78, 5) is 24.8. The van der Waals surface area contributed by atoms with Crippen molar-refractivity contribution < 1.29 is 14.7 Å². The van der Waals surface area contributed by atoms with Crippen molar-refractivity contribution in [1.82, 2.24) is 4.90 Å². The first-order valence-electron chi connectivity index (χ1n) is 6.69. The molecule has 0 atom stereocenters. The fraction of sp³-hybridized carbons (Fsp3) is 0.125. The van der Waals surface area contributed by atoms with E-state index in [9.17, 15) is 9.59 Å². The molecule has 1 heterocycles. The van der Waals surface area contributed by atoms with Crippen molar-refractivity contribution >= 4 is 33.6 Å². The quantitative estimate of drug-likeness (QED) is 0.857. The molecule has 112 valence electrons. The molecule has 0 fully saturated rings. The highest BCUT2D eigenvalue weighted by atomic mass is 79.9. The van der Waals surface area contributed by atoms with Crippen molar-refractivity contribution in [2.45, 2.75) is 13.1 Å². The second kappa shape index (κ2) is 5.81. The van der Waals surface area contributed by atoms with Crippen LogP contribution < -0.4 is 5.32 Å². The number of carboxylic acids is 1. The Kier molecular flexibility index (Phi) is 3.85. The minimum Gasteiger partial charge on any atom is -0.478 e. The Bertz CT molecular complexity index is 744. The summed E-state index contributed by atoms with van der Waals surface area (Å²) < 4.78 is 0.998. The van der Waals surface area contributed by atoms with Gasteiger partial charge in [0, 0.05) is 23.2 Å². The summed E-state index contributed by atoms with van der Waals surface area (Å²) in [5.41, 5.74) is 3.04. The Hall–Kier alpha value is -2.34. The summed E-state index contributed by atoms with van der Waals surface area (Å²) in [6.07, 6.45) is 0. The van der Waals surface area contributed by atoms with Gasteiger partial charge in [-0.3, -0.25) is 0 Å². The van der Waals surface area contributed by atoms with Crippen molar-refractivity contribution in [3.05, 3.63) is 63.6 Å². The Balaban J connectivity index is 1.67. The van der Waals surface area contributed by atoms with Gasteiger partial charge in [0.1, 0.15) is 0 Å². The summed E-state index contributed by atoms with van der Waals surface area (Å²) in [5.74, 6) is -0.988. The summed E-state index contributed by atoms with van der Waals surface area (Å²) >= 11 is 3.43. The van der Waals surface area contributed by atoms with Crippen LogP contribution in [0.5, 0.6) is 0 Å². The average molecular weight is 361 g/mol. The third kappa shape index (κ3) is 2.96. The summed E-state index contributed by atoms with van der Waals surface area (Å²) in [5, 5.41) is 11.6. The van der Waals surface area contributed by atoms with Gasteiger partial charge in [-0.25, -0.2) is 9.59 Å². The zero-order chi connectivity index (χ0) is 15.7. The summed E-state index contributed by atoms with van der Waals surface area (Å²) in [6, 6.07) is 11.9. The van der Waals surface area contributed by atoms with Crippen LogP contribution in [-0.4, -0.2) is 22.0 Å². The van der Waals surface area contributed by atoms with E-state index in [-0.39, 0.29) is 11.6 Å². The van der Waals surface area contributed by atoms with E-state index < -0.39 is 5.97 Å². The number of halogens is 1. The Morgan fingerprint density at radius 3 is 2.41 bits per heavy atom. The molecule has 2 aromatic rings. The second-order valence-corrected chi connectivity index (χ2v) is 6.00. The SMILES string of the molecule is O=C(O)c1ccc(NC(=O)N2Cc3ccc(Br)cc3C2)cc1. The fourth-order valence-electron chi connectivity index (χ4n) is 2.41. The number of amides is 2. The van der Waals surface area contributed by atoms with Gasteiger partial charge in [-0.15, -0.1) is 0 Å². The smallest absolute Gasteiger partial charge is 0.335 e. The topological polar surface area (TPSA) is 69.6 Å². The lowest BCUT2D eigenvalue weighted by Crippen LogP contribution is -2.30. The van der Waals surface area contributed by atoms with Crippen LogP contribution in [0.15, 0.2) is 46.9 Å². The summed E-state index contributed by atoms with van der Waals surface area (Å²) in [6.45, 7) is 1.13. The maximum absolute atomic E-state index is 12.3. The van der Waals surface area contributed by atoms with Gasteiger partial charge in [-0.2, -0.15) is 0 Å². The highest BCUT2D eigenvalue weighted by Gasteiger charge is 2.23. The number of fused-ring (bicyclic) bond motifs is 1. The number of rotatable bonds is 2. The third-order valence-electron chi connectivity index (χ3n) is 3.56. The molecule has 5 nitrogen and oxygen atoms in total. The van der Waals surface area contributed by atoms with Crippen LogP contribution in [0.25, 0.3) is 0 Å². The molecule has 1 aliphatic heterocycles. The highest BCUT2D eigenvalue weighted by molar-refractivity contribution is 9.10. The van der Waals surface area contributed by atoms with Crippen LogP contribution in [0.2, 0.25) is 0 Å². The Morgan fingerprint density at radius 2 is 1.73 bits per heavy atom. The zero-order valence-electron chi connectivity index (χ0n) is 11.5. The number of anilines is 1. The molecule has 0 aliphatic carbocycles. The number of nitrogens with zero attached hydrogens (tertiary/aromatic N) is 1. The molecule has 0 saturated heterocycles. The van der Waals surface area contributed by atoms with Crippen LogP contribution in [0, 0.1) is 0 Å². The molecule has 0 unspecified atom stereocenters. The molecule has 22 heavy (non-hydrogen) atoms. The number of carbonyl (C=O) groups is 2. The van der Waals surface area contributed by atoms with Crippen LogP contribution in [0.3, 0.4) is 0 Å². The Labute approximate surface area is 135 Å². The minimum absolute atomic E-state index is 0.191. The molecule has 2 amide bonds. The molecule has 6 heteroatoms. The van der Waals surface area contributed by atoms with E-state index in [1.165, 1.54) is 12.1 Å². The lowest BCUT2D eigenvalue weighted by molar-refractivity contribution is 0.0697. The molecular formula is C16H13BrN2O3. The third-order valence-corrected chi connectivity index (χ3v) is 4.05. The van der Waals surface area contributed by atoms with E-state index in [4.69, 9.17) is 5.11 Å². The van der Waals surface area contributed by atoms with Gasteiger partial charge < -0.3 is 15.3 Å². The van der Waals surface area contributed by atoms with Crippen LogP contribution in [-0.2, 0) is 13.1 Å². The van der Waals surface area contributed by atoms with Crippen molar-refractivity contribution in [3.63, 3.8) is 0 Å². The molecule has 0 aromatic heterocycles. The molecule has 3 rings (SSSR count). The highest BCUT2D eigenvalue weighted by Crippen LogP contribution is 2.26. The van der Waals surface area contributed by atoms with Gasteiger partial charge in [0.15, 0.2) is 0 Å². The number of hydrogen-bond acceptors (Lipinski definition) is 2. The predicted octanol–water partition coefficient (Wildman–Crippen LogP) is 3.70. The maximum atomic E-state index is 12.3. The first-order chi connectivity index (χ1) is 10.5. The van der Waals surface area contributed by atoms with Gasteiger partial charge in [0.05, 0.1) is 5.56 Å². The summed E-state index contributed by atoms with van der Waals surface area (Å²) in [7, 11) is 0. The van der Waals surface area contributed by atoms with Gasteiger partial charge in [-0.1, -0.05) is 22.0 Å². The van der Waals surface area contributed by atoms with Crippen molar-refractivity contribution in [3.8, 4) is 0 Å². The first-order valence-corrected chi connectivity index (χ1v) is 7.49. The first kappa shape index (κ1) is 14.6. The number of aromatic carboxylic acids is 1. The lowest BCUT2D eigenvalue weighted by atomic mass is 10.1. The van der Waals surface area contributed by atoms with E-state index in [0.717, 1.165) is 15.6 Å². The van der Waals surface area contributed by atoms with Gasteiger partial charge in [0.2, 0.25) is 0 Å². The molecule has 0 bridgehead atoms. The van der Waals surface area contributed by atoms with Crippen LogP contribution in [0.4, 0.5) is 10.5 Å². The molecule has 2 aromatic carbocycles. The maximum Gasteiger partial charge on any atom is 0.335 e. The van der Waals surface area contributed by atoms with Crippen molar-refractivity contribution in [1.29, 1.82) is 0 Å². The van der Waals surface area contributed by atoms with E-state index in [2.05, 4.69) is 21.2 Å². The van der Waals surface area contributed by atoms with Crippen LogP contribution in [0.1, 0.15) is 21.5 Å². The molecule has 0 spiro atoms. The van der Waals surface area contributed by atoms with Gasteiger partial charge >= 0.3 is 12.0 Å². The zero-order valence-corrected chi connectivity index (χ0v) is 13.1. The number of carbonyl (C=O) groups excluding carboxylic acids is 1. The molecule has 0 radical (unpaired) electrons. The Morgan fingerprint density at radius 1 is 1.05 bits per heavy atom. The number of urea groups is 1. The van der Waals surface area contributed by atoms with Gasteiger partial charge in [-0.05, 0) is 47.5 Å². The minimum atomic E-state index is -0.988. The molecule has 2 N–H and O–H groups in total. The molecule has 0 saturated carbocycles. The van der Waals surface area contributed by atoms with Crippen molar-refractivity contribution in [2.75, 3.05) is 5.32 Å². The van der Waals surface area contributed by atoms with Crippen LogP contribution >= 0.6 is 15.9 Å². The number of carboxylic acid groups (broad SMARTS) is 1. The van der Waals surface area contributed by atoms with E-state index in [0.29, 0.717) is 18.8 Å². The van der Waals surface area contributed by atoms with Gasteiger partial charge in [0.25, 0.3) is 0 Å². The predicted molar refractivity (Wildman–Crippen MR) is 85.8 cm³/mol. The standard InChI is InChI=1S/C16H13BrN2O3/c17-13-4-1-11-8-19(9-12(11)7-13)16(22)18-14-5-2-10(3-6-14)15(20)21/h1-7H,8-9H2,(H,18,22)(H,20,21). The lowest BCUT2D eigenvalue weighted by Gasteiger charge is -2.16. The monoisotopic (exact) mass is 360 g/mol. The number of hydrogen-bond donors (Lipinski definition) is 2.